The fourth-order valence-corrected chi connectivity index (χ4v) is 4.36. The van der Waals surface area contributed by atoms with E-state index in [1.807, 2.05) is 0 Å². The van der Waals surface area contributed by atoms with Gasteiger partial charge in [0.25, 0.3) is 0 Å². The summed E-state index contributed by atoms with van der Waals surface area (Å²) >= 11 is 0. The first-order chi connectivity index (χ1) is 8.76. The average molecular weight is 251 g/mol. The molecule has 0 aromatic heterocycles. The molecular weight excluding hydrogens is 222 g/mol. The van der Waals surface area contributed by atoms with Crippen LogP contribution in [0.5, 0.6) is 0 Å². The van der Waals surface area contributed by atoms with E-state index < -0.39 is 0 Å². The first kappa shape index (κ1) is 12.9. The molecule has 3 aliphatic heterocycles. The van der Waals surface area contributed by atoms with Crippen LogP contribution in [-0.2, 0) is 0 Å². The van der Waals surface area contributed by atoms with E-state index >= 15 is 0 Å². The molecule has 0 aliphatic carbocycles. The zero-order valence-corrected chi connectivity index (χ0v) is 12.1. The van der Waals surface area contributed by atoms with Crippen LogP contribution in [0.1, 0.15) is 39.0 Å². The van der Waals surface area contributed by atoms with E-state index in [2.05, 4.69) is 29.1 Å². The molecule has 3 fully saturated rings. The van der Waals surface area contributed by atoms with E-state index in [-0.39, 0.29) is 0 Å². The van der Waals surface area contributed by atoms with Crippen LogP contribution in [0.4, 0.5) is 0 Å². The third-order valence-corrected chi connectivity index (χ3v) is 5.40. The molecule has 3 heterocycles. The highest BCUT2D eigenvalue weighted by Crippen LogP contribution is 2.34. The van der Waals surface area contributed by atoms with Crippen molar-refractivity contribution in [3.8, 4) is 0 Å². The highest BCUT2D eigenvalue weighted by atomic mass is 15.2. The van der Waals surface area contributed by atoms with Gasteiger partial charge in [0.2, 0.25) is 0 Å². The van der Waals surface area contributed by atoms with Gasteiger partial charge < -0.3 is 10.2 Å². The first-order valence-corrected chi connectivity index (χ1v) is 7.95. The first-order valence-electron chi connectivity index (χ1n) is 7.95. The van der Waals surface area contributed by atoms with Crippen LogP contribution in [0, 0.1) is 5.92 Å². The SMILES string of the molecule is CCC1CN(C)CCCN1CC1CC2CCC1N2. The molecule has 1 N–H and O–H groups in total. The molecule has 4 unspecified atom stereocenters. The lowest BCUT2D eigenvalue weighted by atomic mass is 9.88. The highest BCUT2D eigenvalue weighted by molar-refractivity contribution is 4.98. The average Bonchev–Trinajstić information content (AvgIpc) is 2.92. The number of nitrogens with zero attached hydrogens (tertiary/aromatic N) is 2. The van der Waals surface area contributed by atoms with Crippen LogP contribution < -0.4 is 5.32 Å². The summed E-state index contributed by atoms with van der Waals surface area (Å²) in [6.07, 6.45) is 6.95. The Morgan fingerprint density at radius 1 is 1.22 bits per heavy atom. The number of hydrogen-bond acceptors (Lipinski definition) is 3. The quantitative estimate of drug-likeness (QED) is 0.821. The summed E-state index contributed by atoms with van der Waals surface area (Å²) in [4.78, 5) is 5.32. The number of rotatable bonds is 3. The van der Waals surface area contributed by atoms with Crippen LogP contribution in [0.2, 0.25) is 0 Å². The molecular formula is C15H29N3. The van der Waals surface area contributed by atoms with Crippen molar-refractivity contribution in [3.05, 3.63) is 0 Å². The Hall–Kier alpha value is -0.120. The van der Waals surface area contributed by atoms with Gasteiger partial charge in [-0.1, -0.05) is 6.92 Å². The number of likely N-dealkylation sites (N-methyl/N-ethyl adjacent to an activating group) is 1. The topological polar surface area (TPSA) is 18.5 Å². The van der Waals surface area contributed by atoms with Crippen molar-refractivity contribution in [2.45, 2.75) is 57.2 Å². The number of fused-ring (bicyclic) bond motifs is 2. The van der Waals surface area contributed by atoms with Gasteiger partial charge >= 0.3 is 0 Å². The largest absolute Gasteiger partial charge is 0.311 e. The lowest BCUT2D eigenvalue weighted by molar-refractivity contribution is 0.148. The van der Waals surface area contributed by atoms with Crippen LogP contribution in [0.3, 0.4) is 0 Å². The lowest BCUT2D eigenvalue weighted by Gasteiger charge is -2.34. The molecule has 0 saturated carbocycles. The van der Waals surface area contributed by atoms with E-state index in [1.165, 1.54) is 58.3 Å². The summed E-state index contributed by atoms with van der Waals surface area (Å²) in [7, 11) is 2.28. The van der Waals surface area contributed by atoms with Gasteiger partial charge in [-0.05, 0) is 58.2 Å². The van der Waals surface area contributed by atoms with Crippen LogP contribution in [-0.4, -0.2) is 61.2 Å². The fourth-order valence-electron chi connectivity index (χ4n) is 4.36. The van der Waals surface area contributed by atoms with Gasteiger partial charge in [-0.25, -0.2) is 0 Å². The van der Waals surface area contributed by atoms with Gasteiger partial charge in [0.1, 0.15) is 0 Å². The maximum atomic E-state index is 3.79. The minimum absolute atomic E-state index is 0.789. The molecule has 0 radical (unpaired) electrons. The molecule has 18 heavy (non-hydrogen) atoms. The summed E-state index contributed by atoms with van der Waals surface area (Å²) in [5, 5.41) is 3.79. The monoisotopic (exact) mass is 251 g/mol. The lowest BCUT2D eigenvalue weighted by Crippen LogP contribution is -2.44. The maximum Gasteiger partial charge on any atom is 0.0220 e. The van der Waals surface area contributed by atoms with Crippen molar-refractivity contribution >= 4 is 0 Å². The molecule has 0 spiro atoms. The van der Waals surface area contributed by atoms with Gasteiger partial charge in [0, 0.05) is 31.2 Å². The van der Waals surface area contributed by atoms with Crippen LogP contribution in [0.25, 0.3) is 0 Å². The van der Waals surface area contributed by atoms with Gasteiger partial charge in [0.05, 0.1) is 0 Å². The Labute approximate surface area is 112 Å². The molecule has 3 aliphatic rings. The normalized spacial score (nSPS) is 42.3. The van der Waals surface area contributed by atoms with E-state index in [0.29, 0.717) is 0 Å². The molecule has 3 nitrogen and oxygen atoms in total. The van der Waals surface area contributed by atoms with Crippen LogP contribution >= 0.6 is 0 Å². The molecule has 3 rings (SSSR count). The van der Waals surface area contributed by atoms with Crippen molar-refractivity contribution in [3.63, 3.8) is 0 Å². The zero-order valence-electron chi connectivity index (χ0n) is 12.1. The van der Waals surface area contributed by atoms with Gasteiger partial charge in [-0.2, -0.15) is 0 Å². The van der Waals surface area contributed by atoms with Crippen LogP contribution in [0.15, 0.2) is 0 Å². The molecule has 0 aromatic rings. The van der Waals surface area contributed by atoms with Crippen molar-refractivity contribution in [2.75, 3.05) is 33.2 Å². The fraction of sp³-hybridized carbons (Fsp3) is 1.00. The third-order valence-electron chi connectivity index (χ3n) is 5.40. The second-order valence-corrected chi connectivity index (χ2v) is 6.72. The zero-order chi connectivity index (χ0) is 12.5. The Balaban J connectivity index is 1.59. The summed E-state index contributed by atoms with van der Waals surface area (Å²) in [5.74, 6) is 0.932. The summed E-state index contributed by atoms with van der Waals surface area (Å²) in [5.41, 5.74) is 0. The maximum absolute atomic E-state index is 3.79. The van der Waals surface area contributed by atoms with Crippen molar-refractivity contribution < 1.29 is 0 Å². The van der Waals surface area contributed by atoms with E-state index in [9.17, 15) is 0 Å². The molecule has 3 heteroatoms. The number of hydrogen-bond donors (Lipinski definition) is 1. The molecule has 4 atom stereocenters. The Morgan fingerprint density at radius 2 is 2.11 bits per heavy atom. The highest BCUT2D eigenvalue weighted by Gasteiger charge is 2.40. The predicted molar refractivity (Wildman–Crippen MR) is 75.8 cm³/mol. The van der Waals surface area contributed by atoms with E-state index in [1.54, 1.807) is 0 Å². The molecule has 3 saturated heterocycles. The smallest absolute Gasteiger partial charge is 0.0220 e. The van der Waals surface area contributed by atoms with Gasteiger partial charge in [-0.3, -0.25) is 4.90 Å². The van der Waals surface area contributed by atoms with Crippen molar-refractivity contribution in [1.82, 2.24) is 15.1 Å². The second kappa shape index (κ2) is 5.48. The summed E-state index contributed by atoms with van der Waals surface area (Å²) in [6, 6.07) is 2.49. The third kappa shape index (κ3) is 2.59. The van der Waals surface area contributed by atoms with E-state index in [4.69, 9.17) is 0 Å². The van der Waals surface area contributed by atoms with Gasteiger partial charge in [-0.15, -0.1) is 0 Å². The van der Waals surface area contributed by atoms with E-state index in [0.717, 1.165) is 24.0 Å². The molecule has 2 bridgehead atoms. The molecule has 104 valence electrons. The second-order valence-electron chi connectivity index (χ2n) is 6.72. The Morgan fingerprint density at radius 3 is 2.78 bits per heavy atom. The molecule has 0 aromatic carbocycles. The minimum atomic E-state index is 0.789. The summed E-state index contributed by atoms with van der Waals surface area (Å²) < 4.78 is 0. The molecule has 0 amide bonds. The van der Waals surface area contributed by atoms with Crippen molar-refractivity contribution in [2.24, 2.45) is 5.92 Å². The van der Waals surface area contributed by atoms with Gasteiger partial charge in [0.15, 0.2) is 0 Å². The Bertz CT molecular complexity index is 281. The summed E-state index contributed by atoms with van der Waals surface area (Å²) in [6.45, 7) is 7.57. The number of nitrogens with one attached hydrogen (secondary N) is 1. The minimum Gasteiger partial charge on any atom is -0.311 e. The standard InChI is InChI=1S/C15H29N3/c1-3-14-11-17(2)7-4-8-18(14)10-12-9-13-5-6-15(12)16-13/h12-16H,3-11H2,1-2H3. The predicted octanol–water partition coefficient (Wildman–Crippen LogP) is 1.54. The Kier molecular flexibility index (Phi) is 3.92. The van der Waals surface area contributed by atoms with Crippen molar-refractivity contribution in [1.29, 1.82) is 0 Å².